The van der Waals surface area contributed by atoms with Gasteiger partial charge in [-0.1, -0.05) is 37.1 Å². The minimum absolute atomic E-state index is 0.0798. The molecule has 2 aliphatic rings. The van der Waals surface area contributed by atoms with Crippen molar-refractivity contribution in [3.05, 3.63) is 23.8 Å². The molecule has 0 spiro atoms. The van der Waals surface area contributed by atoms with E-state index in [0.717, 1.165) is 43.0 Å². The first kappa shape index (κ1) is 17.3. The van der Waals surface area contributed by atoms with Gasteiger partial charge >= 0.3 is 0 Å². The lowest BCUT2D eigenvalue weighted by Crippen LogP contribution is -2.37. The molecule has 0 radical (unpaired) electrons. The zero-order valence-corrected chi connectivity index (χ0v) is 15.2. The number of aryl methyl sites for hydroxylation is 1. The number of hydrogen-bond donors (Lipinski definition) is 2. The van der Waals surface area contributed by atoms with Crippen molar-refractivity contribution >= 4 is 38.5 Å². The van der Waals surface area contributed by atoms with Gasteiger partial charge in [0.15, 0.2) is 5.17 Å². The van der Waals surface area contributed by atoms with Crippen molar-refractivity contribution in [3.63, 3.8) is 0 Å². The Kier molecular flexibility index (Phi) is 5.15. The van der Waals surface area contributed by atoms with Gasteiger partial charge < -0.3 is 10.6 Å². The average Bonchev–Trinajstić information content (AvgIpc) is 2.53. The van der Waals surface area contributed by atoms with Gasteiger partial charge in [0, 0.05) is 6.04 Å². The summed E-state index contributed by atoms with van der Waals surface area (Å²) in [7, 11) is -3.71. The number of anilines is 1. The molecular formula is C16H21N3O3S2. The molecule has 0 saturated heterocycles. The minimum atomic E-state index is -3.71. The lowest BCUT2D eigenvalue weighted by molar-refractivity contribution is -0.119. The van der Waals surface area contributed by atoms with Crippen LogP contribution in [0.3, 0.4) is 0 Å². The highest BCUT2D eigenvalue weighted by Crippen LogP contribution is 2.30. The SMILES string of the molecule is Cc1ccc2c(c1)NC(SCC(=O)NC1CCCCC1)=NS2(=O)=O. The molecular weight excluding hydrogens is 346 g/mol. The first-order valence-electron chi connectivity index (χ1n) is 8.09. The molecule has 1 aliphatic heterocycles. The number of thioether (sulfide) groups is 1. The second-order valence-corrected chi connectivity index (χ2v) is 8.72. The quantitative estimate of drug-likeness (QED) is 0.857. The van der Waals surface area contributed by atoms with Crippen LogP contribution in [0.1, 0.15) is 37.7 Å². The Morgan fingerprint density at radius 2 is 2.08 bits per heavy atom. The van der Waals surface area contributed by atoms with E-state index in [1.165, 1.54) is 6.42 Å². The fourth-order valence-corrected chi connectivity index (χ4v) is 5.00. The summed E-state index contributed by atoms with van der Waals surface area (Å²) in [5.41, 5.74) is 1.47. The van der Waals surface area contributed by atoms with Gasteiger partial charge in [0.2, 0.25) is 5.91 Å². The molecule has 1 fully saturated rings. The molecule has 24 heavy (non-hydrogen) atoms. The number of carbonyl (C=O) groups is 1. The largest absolute Gasteiger partial charge is 0.353 e. The Bertz CT molecular complexity index is 769. The molecule has 8 heteroatoms. The average molecular weight is 367 g/mol. The van der Waals surface area contributed by atoms with Gasteiger partial charge in [-0.3, -0.25) is 4.79 Å². The Labute approximate surface area is 146 Å². The monoisotopic (exact) mass is 367 g/mol. The van der Waals surface area contributed by atoms with E-state index in [-0.39, 0.29) is 27.8 Å². The highest BCUT2D eigenvalue weighted by molar-refractivity contribution is 8.15. The van der Waals surface area contributed by atoms with Crippen LogP contribution in [0.2, 0.25) is 0 Å². The number of sulfonamides is 1. The maximum absolute atomic E-state index is 12.2. The number of hydrogen-bond acceptors (Lipinski definition) is 5. The van der Waals surface area contributed by atoms with Crippen LogP contribution in [0.5, 0.6) is 0 Å². The number of amidine groups is 1. The van der Waals surface area contributed by atoms with Crippen molar-refractivity contribution in [3.8, 4) is 0 Å². The number of nitrogens with zero attached hydrogens (tertiary/aromatic N) is 1. The molecule has 1 aromatic rings. The molecule has 1 aromatic carbocycles. The Morgan fingerprint density at radius 1 is 1.33 bits per heavy atom. The van der Waals surface area contributed by atoms with E-state index in [0.29, 0.717) is 5.69 Å². The van der Waals surface area contributed by atoms with Crippen molar-refractivity contribution in [2.24, 2.45) is 4.40 Å². The molecule has 1 aliphatic carbocycles. The van der Waals surface area contributed by atoms with Gasteiger partial charge in [-0.2, -0.15) is 8.42 Å². The molecule has 1 saturated carbocycles. The maximum Gasteiger partial charge on any atom is 0.286 e. The number of fused-ring (bicyclic) bond motifs is 1. The highest BCUT2D eigenvalue weighted by atomic mass is 32.2. The molecule has 0 unspecified atom stereocenters. The number of amides is 1. The Balaban J connectivity index is 1.61. The number of carbonyl (C=O) groups excluding carboxylic acids is 1. The van der Waals surface area contributed by atoms with Crippen LogP contribution in [0, 0.1) is 6.92 Å². The van der Waals surface area contributed by atoms with Gasteiger partial charge in [-0.05, 0) is 37.5 Å². The molecule has 1 amide bonds. The van der Waals surface area contributed by atoms with E-state index >= 15 is 0 Å². The van der Waals surface area contributed by atoms with E-state index in [1.54, 1.807) is 18.2 Å². The van der Waals surface area contributed by atoms with Gasteiger partial charge in [-0.25, -0.2) is 0 Å². The third-order valence-corrected chi connectivity index (χ3v) is 6.49. The van der Waals surface area contributed by atoms with Crippen molar-refractivity contribution in [2.75, 3.05) is 11.1 Å². The van der Waals surface area contributed by atoms with Crippen LogP contribution in [0.15, 0.2) is 27.5 Å². The predicted octanol–water partition coefficient (Wildman–Crippen LogP) is 2.65. The third-order valence-electron chi connectivity index (χ3n) is 4.17. The Hall–Kier alpha value is -1.54. The molecule has 1 heterocycles. The van der Waals surface area contributed by atoms with Gasteiger partial charge in [0.1, 0.15) is 4.90 Å². The van der Waals surface area contributed by atoms with Crippen molar-refractivity contribution < 1.29 is 13.2 Å². The van der Waals surface area contributed by atoms with E-state index in [9.17, 15) is 13.2 Å². The lowest BCUT2D eigenvalue weighted by Gasteiger charge is -2.23. The third kappa shape index (κ3) is 4.10. The zero-order chi connectivity index (χ0) is 17.2. The van der Waals surface area contributed by atoms with Gasteiger partial charge in [0.25, 0.3) is 10.0 Å². The maximum atomic E-state index is 12.2. The number of rotatable bonds is 3. The second-order valence-electron chi connectivity index (χ2n) is 6.19. The van der Waals surface area contributed by atoms with Crippen molar-refractivity contribution in [1.29, 1.82) is 0 Å². The summed E-state index contributed by atoms with van der Waals surface area (Å²) in [5, 5.41) is 6.26. The summed E-state index contributed by atoms with van der Waals surface area (Å²) in [6, 6.07) is 5.31. The van der Waals surface area contributed by atoms with Crippen LogP contribution in [-0.4, -0.2) is 31.3 Å². The Morgan fingerprint density at radius 3 is 2.83 bits per heavy atom. The molecule has 0 bridgehead atoms. The second kappa shape index (κ2) is 7.14. The fraction of sp³-hybridized carbons (Fsp3) is 0.500. The minimum Gasteiger partial charge on any atom is -0.353 e. The van der Waals surface area contributed by atoms with Crippen LogP contribution in [0.25, 0.3) is 0 Å². The van der Waals surface area contributed by atoms with Crippen LogP contribution in [0.4, 0.5) is 5.69 Å². The summed E-state index contributed by atoms with van der Waals surface area (Å²) >= 11 is 1.11. The van der Waals surface area contributed by atoms with Gasteiger partial charge in [-0.15, -0.1) is 4.40 Å². The summed E-state index contributed by atoms with van der Waals surface area (Å²) < 4.78 is 28.2. The highest BCUT2D eigenvalue weighted by Gasteiger charge is 2.25. The fourth-order valence-electron chi connectivity index (χ4n) is 2.98. The number of benzene rings is 1. The van der Waals surface area contributed by atoms with Crippen LogP contribution < -0.4 is 10.6 Å². The summed E-state index contributed by atoms with van der Waals surface area (Å²) in [5.74, 6) is 0.0720. The first-order valence-corrected chi connectivity index (χ1v) is 10.5. The lowest BCUT2D eigenvalue weighted by atomic mass is 9.95. The molecule has 0 aromatic heterocycles. The molecule has 0 atom stereocenters. The molecule has 130 valence electrons. The van der Waals surface area contributed by atoms with Crippen molar-refractivity contribution in [1.82, 2.24) is 5.32 Å². The summed E-state index contributed by atoms with van der Waals surface area (Å²) in [4.78, 5) is 12.2. The molecule has 6 nitrogen and oxygen atoms in total. The standard InChI is InChI=1S/C16H21N3O3S2/c1-11-7-8-14-13(9-11)18-16(19-24(14,21)22)23-10-15(20)17-12-5-3-2-4-6-12/h7-9,12H,2-6,10H2,1H3,(H,17,20)(H,18,19). The normalized spacial score (nSPS) is 19.8. The van der Waals surface area contributed by atoms with E-state index < -0.39 is 10.0 Å². The van der Waals surface area contributed by atoms with Gasteiger partial charge in [0.05, 0.1) is 11.4 Å². The summed E-state index contributed by atoms with van der Waals surface area (Å²) in [6.45, 7) is 1.89. The van der Waals surface area contributed by atoms with E-state index in [1.807, 2.05) is 6.92 Å². The molecule has 2 N–H and O–H groups in total. The van der Waals surface area contributed by atoms with E-state index in [2.05, 4.69) is 15.0 Å². The van der Waals surface area contributed by atoms with Crippen LogP contribution in [-0.2, 0) is 14.8 Å². The summed E-state index contributed by atoms with van der Waals surface area (Å²) in [6.07, 6.45) is 5.59. The molecule has 3 rings (SSSR count). The first-order chi connectivity index (χ1) is 11.4. The van der Waals surface area contributed by atoms with Crippen LogP contribution >= 0.6 is 11.8 Å². The smallest absolute Gasteiger partial charge is 0.286 e. The zero-order valence-electron chi connectivity index (χ0n) is 13.5. The predicted molar refractivity (Wildman–Crippen MR) is 96.9 cm³/mol. The van der Waals surface area contributed by atoms with E-state index in [4.69, 9.17) is 0 Å². The topological polar surface area (TPSA) is 87.6 Å². The number of nitrogens with one attached hydrogen (secondary N) is 2. The van der Waals surface area contributed by atoms with Crippen molar-refractivity contribution in [2.45, 2.75) is 50.0 Å².